The third kappa shape index (κ3) is 14.4. The fourth-order valence-corrected chi connectivity index (χ4v) is 2.57. The smallest absolute Gasteiger partial charge is 0.306 e. The molecule has 0 saturated heterocycles. The summed E-state index contributed by atoms with van der Waals surface area (Å²) < 4.78 is 5.23. The number of carbonyl (C=O) groups is 2. The molecule has 0 aliphatic rings. The van der Waals surface area contributed by atoms with E-state index in [1.807, 2.05) is 45.1 Å². The van der Waals surface area contributed by atoms with E-state index < -0.39 is 36.4 Å². The van der Waals surface area contributed by atoms with Gasteiger partial charge < -0.3 is 25.2 Å². The van der Waals surface area contributed by atoms with Gasteiger partial charge in [-0.3, -0.25) is 9.59 Å². The molecule has 7 nitrogen and oxygen atoms in total. The first-order valence-electron chi connectivity index (χ1n) is 10.7. The molecule has 0 unspecified atom stereocenters. The highest BCUT2D eigenvalue weighted by Gasteiger charge is 2.17. The Hall–Kier alpha value is -2.22. The largest absolute Gasteiger partial charge is 0.481 e. The molecule has 0 rings (SSSR count). The van der Waals surface area contributed by atoms with Crippen LogP contribution in [0.25, 0.3) is 0 Å². The second-order valence-electron chi connectivity index (χ2n) is 7.63. The second kappa shape index (κ2) is 16.5. The molecule has 0 aliphatic heterocycles. The molecule has 31 heavy (non-hydrogen) atoms. The van der Waals surface area contributed by atoms with Crippen LogP contribution in [0.3, 0.4) is 0 Å². The van der Waals surface area contributed by atoms with Gasteiger partial charge in [0, 0.05) is 5.92 Å². The first-order chi connectivity index (χ1) is 14.6. The molecule has 7 heteroatoms. The van der Waals surface area contributed by atoms with Crippen LogP contribution in [0.5, 0.6) is 0 Å². The summed E-state index contributed by atoms with van der Waals surface area (Å²) in [5.41, 5.74) is 0.762. The Morgan fingerprint density at radius 1 is 0.903 bits per heavy atom. The minimum Gasteiger partial charge on any atom is -0.481 e. The van der Waals surface area contributed by atoms with Crippen molar-refractivity contribution in [3.05, 3.63) is 48.1 Å². The maximum atomic E-state index is 11.6. The van der Waals surface area contributed by atoms with Gasteiger partial charge in [0.2, 0.25) is 0 Å². The average molecular weight is 439 g/mol. The Labute approximate surface area is 185 Å². The number of aliphatic carboxylic acids is 1. The van der Waals surface area contributed by atoms with Gasteiger partial charge in [0.1, 0.15) is 6.10 Å². The number of aliphatic hydroxyl groups excluding tert-OH is 3. The number of aliphatic hydroxyl groups is 3. The zero-order valence-electron chi connectivity index (χ0n) is 19.0. The van der Waals surface area contributed by atoms with Crippen molar-refractivity contribution in [1.82, 2.24) is 0 Å². The third-order valence-electron chi connectivity index (χ3n) is 4.86. The van der Waals surface area contributed by atoms with Crippen molar-refractivity contribution in [2.24, 2.45) is 5.92 Å². The summed E-state index contributed by atoms with van der Waals surface area (Å²) >= 11 is 0. The molecule has 0 radical (unpaired) electrons. The van der Waals surface area contributed by atoms with Crippen LogP contribution in [0.1, 0.15) is 59.8 Å². The number of carboxylic acids is 1. The van der Waals surface area contributed by atoms with E-state index in [9.17, 15) is 24.9 Å². The molecule has 0 fully saturated rings. The van der Waals surface area contributed by atoms with Crippen molar-refractivity contribution in [2.75, 3.05) is 0 Å². The Kier molecular flexibility index (Phi) is 15.3. The second-order valence-corrected chi connectivity index (χ2v) is 7.63. The Morgan fingerprint density at radius 3 is 2.03 bits per heavy atom. The van der Waals surface area contributed by atoms with E-state index in [0.29, 0.717) is 19.3 Å². The quantitative estimate of drug-likeness (QED) is 0.176. The summed E-state index contributed by atoms with van der Waals surface area (Å²) in [6.45, 7) is 7.23. The molecule has 0 aliphatic carbocycles. The van der Waals surface area contributed by atoms with Gasteiger partial charge in [-0.1, -0.05) is 56.4 Å². The summed E-state index contributed by atoms with van der Waals surface area (Å²) in [4.78, 5) is 22.1. The summed E-state index contributed by atoms with van der Waals surface area (Å²) in [5, 5.41) is 38.0. The Morgan fingerprint density at radius 2 is 1.48 bits per heavy atom. The van der Waals surface area contributed by atoms with Crippen LogP contribution >= 0.6 is 0 Å². The van der Waals surface area contributed by atoms with E-state index in [1.165, 1.54) is 0 Å². The van der Waals surface area contributed by atoms with Crippen LogP contribution in [0, 0.1) is 5.92 Å². The Bertz CT molecular complexity index is 648. The van der Waals surface area contributed by atoms with Gasteiger partial charge in [0.15, 0.2) is 0 Å². The molecule has 0 aromatic heterocycles. The zero-order chi connectivity index (χ0) is 23.8. The summed E-state index contributed by atoms with van der Waals surface area (Å²) in [7, 11) is 0. The van der Waals surface area contributed by atoms with E-state index in [1.54, 1.807) is 25.2 Å². The third-order valence-corrected chi connectivity index (χ3v) is 4.86. The fraction of sp³-hybridized carbons (Fsp3) is 0.583. The highest BCUT2D eigenvalue weighted by atomic mass is 16.5. The SMILES string of the molecule is CC[C@@H](O)[C@H](O)C/C=C/C=C/C=C/C[C@H](O)/C(C)=C\[C@@H](C)[C@@H](C)OC(=O)CCC(=O)O. The van der Waals surface area contributed by atoms with Gasteiger partial charge in [0.25, 0.3) is 0 Å². The van der Waals surface area contributed by atoms with E-state index in [4.69, 9.17) is 9.84 Å². The number of rotatable bonds is 15. The minimum atomic E-state index is -1.04. The molecule has 0 heterocycles. The van der Waals surface area contributed by atoms with Crippen molar-refractivity contribution in [3.8, 4) is 0 Å². The van der Waals surface area contributed by atoms with Crippen molar-refractivity contribution in [1.29, 1.82) is 0 Å². The van der Waals surface area contributed by atoms with Crippen molar-refractivity contribution in [2.45, 2.75) is 84.2 Å². The van der Waals surface area contributed by atoms with Crippen molar-refractivity contribution >= 4 is 11.9 Å². The van der Waals surface area contributed by atoms with Gasteiger partial charge in [0.05, 0.1) is 31.2 Å². The number of hydrogen-bond acceptors (Lipinski definition) is 6. The van der Waals surface area contributed by atoms with Gasteiger partial charge in [-0.15, -0.1) is 0 Å². The molecule has 4 N–H and O–H groups in total. The average Bonchev–Trinajstić information content (AvgIpc) is 2.72. The molecule has 0 saturated carbocycles. The Balaban J connectivity index is 4.38. The zero-order valence-corrected chi connectivity index (χ0v) is 19.0. The maximum absolute atomic E-state index is 11.6. The number of carboxylic acid groups (broad SMARTS) is 1. The van der Waals surface area contributed by atoms with Gasteiger partial charge in [-0.05, 0) is 38.7 Å². The molecule has 0 spiro atoms. The number of carbonyl (C=O) groups excluding carboxylic acids is 1. The van der Waals surface area contributed by atoms with Crippen molar-refractivity contribution in [3.63, 3.8) is 0 Å². The van der Waals surface area contributed by atoms with Crippen molar-refractivity contribution < 1.29 is 34.8 Å². The van der Waals surface area contributed by atoms with Gasteiger partial charge in [-0.2, -0.15) is 0 Å². The predicted octanol–water partition coefficient (Wildman–Crippen LogP) is 3.31. The first kappa shape index (κ1) is 28.8. The lowest BCUT2D eigenvalue weighted by Gasteiger charge is -2.19. The standard InChI is InChI=1S/C24H38O7/c1-5-20(25)22(27)13-11-9-7-6-8-10-12-21(26)18(3)16-17(2)19(4)31-24(30)15-14-23(28)29/h6-11,16-17,19-22,25-27H,5,12-15H2,1-4H3,(H,28,29)/b7-6+,10-8+,11-9+,18-16-/t17-,19-,20-,21+,22-/m1/s1. The molecule has 5 atom stereocenters. The fourth-order valence-electron chi connectivity index (χ4n) is 2.57. The molecule has 176 valence electrons. The molecular formula is C24H38O7. The summed E-state index contributed by atoms with van der Waals surface area (Å²) in [6, 6.07) is 0. The lowest BCUT2D eigenvalue weighted by molar-refractivity contribution is -0.152. The van der Waals surface area contributed by atoms with Crippen LogP contribution in [0.4, 0.5) is 0 Å². The van der Waals surface area contributed by atoms with E-state index in [-0.39, 0.29) is 18.8 Å². The number of ether oxygens (including phenoxy) is 1. The van der Waals surface area contributed by atoms with Crippen LogP contribution in [-0.2, 0) is 14.3 Å². The number of esters is 1. The predicted molar refractivity (Wildman–Crippen MR) is 120 cm³/mol. The molecule has 0 aromatic carbocycles. The van der Waals surface area contributed by atoms with Crippen LogP contribution < -0.4 is 0 Å². The first-order valence-corrected chi connectivity index (χ1v) is 10.7. The monoisotopic (exact) mass is 438 g/mol. The summed E-state index contributed by atoms with van der Waals surface area (Å²) in [5.74, 6) is -1.71. The number of allylic oxidation sites excluding steroid dienone is 4. The molecule has 0 amide bonds. The van der Waals surface area contributed by atoms with Gasteiger partial charge >= 0.3 is 11.9 Å². The highest BCUT2D eigenvalue weighted by molar-refractivity contribution is 5.76. The van der Waals surface area contributed by atoms with Crippen LogP contribution in [-0.4, -0.2) is 56.8 Å². The normalized spacial score (nSPS) is 17.7. The van der Waals surface area contributed by atoms with Crippen LogP contribution in [0.2, 0.25) is 0 Å². The number of hydrogen-bond donors (Lipinski definition) is 4. The lowest BCUT2D eigenvalue weighted by atomic mass is 9.99. The van der Waals surface area contributed by atoms with Crippen LogP contribution in [0.15, 0.2) is 48.1 Å². The van der Waals surface area contributed by atoms with E-state index >= 15 is 0 Å². The molecule has 0 aromatic rings. The lowest BCUT2D eigenvalue weighted by Crippen LogP contribution is -2.23. The molecule has 0 bridgehead atoms. The van der Waals surface area contributed by atoms with E-state index in [2.05, 4.69) is 0 Å². The topological polar surface area (TPSA) is 124 Å². The highest BCUT2D eigenvalue weighted by Crippen LogP contribution is 2.16. The van der Waals surface area contributed by atoms with E-state index in [0.717, 1.165) is 5.57 Å². The van der Waals surface area contributed by atoms with Gasteiger partial charge in [-0.25, -0.2) is 0 Å². The molecular weight excluding hydrogens is 400 g/mol. The maximum Gasteiger partial charge on any atom is 0.306 e. The summed E-state index contributed by atoms with van der Waals surface area (Å²) in [6.07, 6.45) is 11.0. The minimum absolute atomic E-state index is 0.126.